The fourth-order valence-electron chi connectivity index (χ4n) is 2.87. The molecule has 0 bridgehead atoms. The monoisotopic (exact) mass is 321 g/mol. The van der Waals surface area contributed by atoms with E-state index in [1.165, 1.54) is 16.8 Å². The highest BCUT2D eigenvalue weighted by Gasteiger charge is 2.18. The molecule has 0 amide bonds. The molecule has 23 heavy (non-hydrogen) atoms. The van der Waals surface area contributed by atoms with Crippen molar-refractivity contribution < 1.29 is 0 Å². The van der Waals surface area contributed by atoms with Gasteiger partial charge >= 0.3 is 0 Å². The fourth-order valence-corrected chi connectivity index (χ4v) is 3.12. The maximum atomic E-state index is 6.49. The van der Waals surface area contributed by atoms with Gasteiger partial charge in [0.2, 0.25) is 0 Å². The van der Waals surface area contributed by atoms with Crippen molar-refractivity contribution >= 4 is 17.3 Å². The van der Waals surface area contributed by atoms with Crippen LogP contribution in [0.5, 0.6) is 0 Å². The quantitative estimate of drug-likeness (QED) is 0.566. The summed E-state index contributed by atoms with van der Waals surface area (Å²) in [5.74, 6) is 0.140. The summed E-state index contributed by atoms with van der Waals surface area (Å²) < 4.78 is 0. The molecule has 2 heteroatoms. The summed E-state index contributed by atoms with van der Waals surface area (Å²) >= 11 is 6.49. The van der Waals surface area contributed by atoms with Crippen molar-refractivity contribution in [2.75, 3.05) is 19.0 Å². The second-order valence-electron chi connectivity index (χ2n) is 5.85. The van der Waals surface area contributed by atoms with Gasteiger partial charge in [-0.3, -0.25) is 0 Å². The lowest BCUT2D eigenvalue weighted by atomic mass is 9.85. The third-order valence-electron chi connectivity index (χ3n) is 4.09. The Morgan fingerprint density at radius 3 is 1.87 bits per heavy atom. The highest BCUT2D eigenvalue weighted by Crippen LogP contribution is 2.36. The minimum Gasteiger partial charge on any atom is -0.378 e. The summed E-state index contributed by atoms with van der Waals surface area (Å²) in [5, 5.41) is 0.804. The van der Waals surface area contributed by atoms with E-state index >= 15 is 0 Å². The Morgan fingerprint density at radius 2 is 1.26 bits per heavy atom. The number of halogens is 1. The summed E-state index contributed by atoms with van der Waals surface area (Å²) in [6.07, 6.45) is 0. The summed E-state index contributed by atoms with van der Waals surface area (Å²) in [6, 6.07) is 27.3. The molecular weight excluding hydrogens is 302 g/mol. The molecule has 0 saturated carbocycles. The first-order valence-corrected chi connectivity index (χ1v) is 8.11. The van der Waals surface area contributed by atoms with Crippen LogP contribution in [0.25, 0.3) is 0 Å². The molecule has 1 nitrogen and oxygen atoms in total. The van der Waals surface area contributed by atoms with Gasteiger partial charge in [-0.2, -0.15) is 0 Å². The molecule has 116 valence electrons. The summed E-state index contributed by atoms with van der Waals surface area (Å²) in [7, 11) is 4.11. The molecule has 0 heterocycles. The van der Waals surface area contributed by atoms with E-state index in [2.05, 4.69) is 73.6 Å². The molecule has 0 radical (unpaired) electrons. The molecule has 3 aromatic carbocycles. The van der Waals surface area contributed by atoms with E-state index in [-0.39, 0.29) is 5.92 Å². The SMILES string of the molecule is CN(C)c1ccc(C(c2ccccc2)c2ccccc2Cl)cc1. The van der Waals surface area contributed by atoms with E-state index in [9.17, 15) is 0 Å². The van der Waals surface area contributed by atoms with Gasteiger partial charge in [0.25, 0.3) is 0 Å². The molecule has 0 N–H and O–H groups in total. The molecule has 0 aliphatic carbocycles. The van der Waals surface area contributed by atoms with Crippen LogP contribution in [0.3, 0.4) is 0 Å². The Balaban J connectivity index is 2.11. The van der Waals surface area contributed by atoms with E-state index < -0.39 is 0 Å². The number of hydrogen-bond donors (Lipinski definition) is 0. The molecule has 0 fully saturated rings. The minimum absolute atomic E-state index is 0.140. The molecular formula is C21H20ClN. The van der Waals surface area contributed by atoms with Crippen molar-refractivity contribution in [3.63, 3.8) is 0 Å². The average molecular weight is 322 g/mol. The zero-order chi connectivity index (χ0) is 16.2. The van der Waals surface area contributed by atoms with Gasteiger partial charge in [-0.05, 0) is 34.9 Å². The van der Waals surface area contributed by atoms with Crippen molar-refractivity contribution in [3.8, 4) is 0 Å². The lowest BCUT2D eigenvalue weighted by Gasteiger charge is -2.21. The Hall–Kier alpha value is -2.25. The third kappa shape index (κ3) is 3.40. The Kier molecular flexibility index (Phi) is 4.68. The molecule has 1 unspecified atom stereocenters. The second-order valence-corrected chi connectivity index (χ2v) is 6.26. The lowest BCUT2D eigenvalue weighted by molar-refractivity contribution is 0.975. The number of nitrogens with zero attached hydrogens (tertiary/aromatic N) is 1. The number of hydrogen-bond acceptors (Lipinski definition) is 1. The highest BCUT2D eigenvalue weighted by atomic mass is 35.5. The highest BCUT2D eigenvalue weighted by molar-refractivity contribution is 6.31. The summed E-state index contributed by atoms with van der Waals surface area (Å²) in [4.78, 5) is 2.11. The number of anilines is 1. The smallest absolute Gasteiger partial charge is 0.0447 e. The number of benzene rings is 3. The first kappa shape index (κ1) is 15.6. The fraction of sp³-hybridized carbons (Fsp3) is 0.143. The molecule has 0 spiro atoms. The zero-order valence-electron chi connectivity index (χ0n) is 13.4. The summed E-state index contributed by atoms with van der Waals surface area (Å²) in [5.41, 5.74) is 4.82. The minimum atomic E-state index is 0.140. The Bertz CT molecular complexity index is 763. The molecule has 0 aliphatic rings. The molecule has 1 atom stereocenters. The van der Waals surface area contributed by atoms with Gasteiger partial charge in [-0.15, -0.1) is 0 Å². The van der Waals surface area contributed by atoms with Gasteiger partial charge in [-0.25, -0.2) is 0 Å². The third-order valence-corrected chi connectivity index (χ3v) is 4.44. The second kappa shape index (κ2) is 6.89. The topological polar surface area (TPSA) is 3.24 Å². The van der Waals surface area contributed by atoms with Crippen molar-refractivity contribution in [2.24, 2.45) is 0 Å². The van der Waals surface area contributed by atoms with E-state index in [0.717, 1.165) is 10.6 Å². The molecule has 0 aromatic heterocycles. The Labute approximate surface area is 143 Å². The first-order chi connectivity index (χ1) is 11.2. The molecule has 3 aromatic rings. The van der Waals surface area contributed by atoms with Gasteiger partial charge in [0.05, 0.1) is 0 Å². The van der Waals surface area contributed by atoms with Crippen LogP contribution < -0.4 is 4.90 Å². The lowest BCUT2D eigenvalue weighted by Crippen LogP contribution is -2.09. The van der Waals surface area contributed by atoms with E-state index in [1.807, 2.05) is 24.3 Å². The van der Waals surface area contributed by atoms with Gasteiger partial charge in [0.1, 0.15) is 0 Å². The van der Waals surface area contributed by atoms with Crippen molar-refractivity contribution in [1.82, 2.24) is 0 Å². The van der Waals surface area contributed by atoms with Gasteiger partial charge < -0.3 is 4.90 Å². The zero-order valence-corrected chi connectivity index (χ0v) is 14.2. The van der Waals surface area contributed by atoms with E-state index in [0.29, 0.717) is 0 Å². The van der Waals surface area contributed by atoms with Crippen LogP contribution in [-0.4, -0.2) is 14.1 Å². The standard InChI is InChI=1S/C21H20ClN/c1-23(2)18-14-12-17(13-15-18)21(16-8-4-3-5-9-16)19-10-6-7-11-20(19)22/h3-15,21H,1-2H3. The number of rotatable bonds is 4. The van der Waals surface area contributed by atoms with Gasteiger partial charge in [-0.1, -0.05) is 72.3 Å². The normalized spacial score (nSPS) is 12.0. The maximum absolute atomic E-state index is 6.49. The molecule has 0 saturated heterocycles. The van der Waals surface area contributed by atoms with Crippen molar-refractivity contribution in [1.29, 1.82) is 0 Å². The van der Waals surface area contributed by atoms with E-state index in [1.54, 1.807) is 0 Å². The van der Waals surface area contributed by atoms with Crippen LogP contribution in [0.2, 0.25) is 5.02 Å². The van der Waals surface area contributed by atoms with Crippen LogP contribution in [-0.2, 0) is 0 Å². The van der Waals surface area contributed by atoms with Crippen molar-refractivity contribution in [2.45, 2.75) is 5.92 Å². The molecule has 0 aliphatic heterocycles. The van der Waals surface area contributed by atoms with Crippen LogP contribution in [0.4, 0.5) is 5.69 Å². The average Bonchev–Trinajstić information content (AvgIpc) is 2.58. The molecule has 3 rings (SSSR count). The van der Waals surface area contributed by atoms with Crippen LogP contribution in [0.15, 0.2) is 78.9 Å². The summed E-state index contributed by atoms with van der Waals surface area (Å²) in [6.45, 7) is 0. The predicted molar refractivity (Wildman–Crippen MR) is 99.6 cm³/mol. The maximum Gasteiger partial charge on any atom is 0.0447 e. The largest absolute Gasteiger partial charge is 0.378 e. The van der Waals surface area contributed by atoms with E-state index in [4.69, 9.17) is 11.6 Å². The van der Waals surface area contributed by atoms with Crippen LogP contribution >= 0.6 is 11.6 Å². The first-order valence-electron chi connectivity index (χ1n) is 7.73. The van der Waals surface area contributed by atoms with Crippen LogP contribution in [0.1, 0.15) is 22.6 Å². The van der Waals surface area contributed by atoms with Crippen molar-refractivity contribution in [3.05, 3.63) is 101 Å². The van der Waals surface area contributed by atoms with Gasteiger partial charge in [0, 0.05) is 30.7 Å². The predicted octanol–water partition coefficient (Wildman–Crippen LogP) is 5.59. The van der Waals surface area contributed by atoms with Crippen LogP contribution in [0, 0.1) is 0 Å². The Morgan fingerprint density at radius 1 is 0.696 bits per heavy atom. The van der Waals surface area contributed by atoms with Gasteiger partial charge in [0.15, 0.2) is 0 Å².